The molecular formula is C18H19N3S2. The van der Waals surface area contributed by atoms with Crippen LogP contribution in [-0.4, -0.2) is 9.97 Å². The smallest absolute Gasteiger partial charge is 0.123 e. The Bertz CT molecular complexity index is 759. The lowest BCUT2D eigenvalue weighted by Crippen LogP contribution is -2.12. The Hall–Kier alpha value is -1.56. The van der Waals surface area contributed by atoms with Crippen molar-refractivity contribution in [2.45, 2.75) is 38.3 Å². The molecule has 0 atom stereocenters. The summed E-state index contributed by atoms with van der Waals surface area (Å²) in [5, 5.41) is 8.04. The van der Waals surface area contributed by atoms with Crippen LogP contribution in [0.25, 0.3) is 10.6 Å². The summed E-state index contributed by atoms with van der Waals surface area (Å²) in [5.74, 6) is 0.737. The molecule has 0 amide bonds. The molecule has 5 heteroatoms. The first kappa shape index (κ1) is 15.0. The fraction of sp³-hybridized carbons (Fsp3) is 0.333. The van der Waals surface area contributed by atoms with Crippen molar-refractivity contribution in [2.24, 2.45) is 0 Å². The molecule has 1 aliphatic carbocycles. The predicted molar refractivity (Wildman–Crippen MR) is 96.8 cm³/mol. The molecule has 1 N–H and O–H groups in total. The number of nitrogens with one attached hydrogen (secondary N) is 1. The third-order valence-electron chi connectivity index (χ3n) is 4.20. The molecule has 1 fully saturated rings. The summed E-state index contributed by atoms with van der Waals surface area (Å²) in [6.07, 6.45) is 6.04. The van der Waals surface area contributed by atoms with E-state index in [1.165, 1.54) is 34.7 Å². The largest absolute Gasteiger partial charge is 0.306 e. The molecule has 3 nitrogen and oxygen atoms in total. The number of thiazole rings is 2. The van der Waals surface area contributed by atoms with E-state index in [4.69, 9.17) is 4.98 Å². The number of benzene rings is 1. The molecule has 0 aliphatic heterocycles. The van der Waals surface area contributed by atoms with Gasteiger partial charge in [-0.25, -0.2) is 9.97 Å². The monoisotopic (exact) mass is 341 g/mol. The molecule has 23 heavy (non-hydrogen) atoms. The van der Waals surface area contributed by atoms with Gasteiger partial charge in [0.15, 0.2) is 0 Å². The Morgan fingerprint density at radius 2 is 2.00 bits per heavy atom. The SMILES string of the molecule is c1ccc(-c2nc(CNCc3cnc(C4CCC4)s3)cs2)cc1. The van der Waals surface area contributed by atoms with Gasteiger partial charge < -0.3 is 5.32 Å². The Labute approximate surface area is 144 Å². The van der Waals surface area contributed by atoms with Crippen LogP contribution in [0.5, 0.6) is 0 Å². The fourth-order valence-electron chi connectivity index (χ4n) is 2.66. The lowest BCUT2D eigenvalue weighted by Gasteiger charge is -2.22. The van der Waals surface area contributed by atoms with Gasteiger partial charge in [0.05, 0.1) is 10.7 Å². The minimum Gasteiger partial charge on any atom is -0.306 e. The normalized spacial score (nSPS) is 14.8. The van der Waals surface area contributed by atoms with Crippen LogP contribution < -0.4 is 5.32 Å². The lowest BCUT2D eigenvalue weighted by molar-refractivity contribution is 0.418. The van der Waals surface area contributed by atoms with Gasteiger partial charge in [0.1, 0.15) is 5.01 Å². The average molecular weight is 342 g/mol. The van der Waals surface area contributed by atoms with Crippen LogP contribution in [0, 0.1) is 0 Å². The highest BCUT2D eigenvalue weighted by atomic mass is 32.1. The maximum absolute atomic E-state index is 4.71. The molecule has 0 radical (unpaired) electrons. The number of hydrogen-bond donors (Lipinski definition) is 1. The highest BCUT2D eigenvalue weighted by Crippen LogP contribution is 2.38. The Morgan fingerprint density at radius 1 is 1.13 bits per heavy atom. The second-order valence-corrected chi connectivity index (χ2v) is 7.91. The molecule has 0 bridgehead atoms. The summed E-state index contributed by atoms with van der Waals surface area (Å²) in [5.41, 5.74) is 2.30. The van der Waals surface area contributed by atoms with Gasteiger partial charge in [-0.2, -0.15) is 0 Å². The average Bonchev–Trinajstić information content (AvgIpc) is 3.17. The summed E-state index contributed by atoms with van der Waals surface area (Å²) in [4.78, 5) is 10.6. The van der Waals surface area contributed by atoms with Crippen LogP contribution in [0.1, 0.15) is 40.8 Å². The Balaban J connectivity index is 1.31. The third-order valence-corrected chi connectivity index (χ3v) is 6.30. The zero-order chi connectivity index (χ0) is 15.5. The van der Waals surface area contributed by atoms with E-state index < -0.39 is 0 Å². The summed E-state index contributed by atoms with van der Waals surface area (Å²) >= 11 is 3.57. The van der Waals surface area contributed by atoms with E-state index in [1.54, 1.807) is 11.3 Å². The lowest BCUT2D eigenvalue weighted by atomic mass is 9.86. The molecular weight excluding hydrogens is 322 g/mol. The highest BCUT2D eigenvalue weighted by Gasteiger charge is 2.22. The van der Waals surface area contributed by atoms with Crippen molar-refractivity contribution in [1.29, 1.82) is 0 Å². The summed E-state index contributed by atoms with van der Waals surface area (Å²) < 4.78 is 0. The molecule has 4 rings (SSSR count). The Kier molecular flexibility index (Phi) is 4.50. The van der Waals surface area contributed by atoms with Gasteiger partial charge in [0.25, 0.3) is 0 Å². The van der Waals surface area contributed by atoms with Gasteiger partial charge in [0, 0.05) is 41.0 Å². The zero-order valence-electron chi connectivity index (χ0n) is 12.9. The number of aromatic nitrogens is 2. The van der Waals surface area contributed by atoms with Crippen molar-refractivity contribution in [3.8, 4) is 10.6 Å². The van der Waals surface area contributed by atoms with Crippen molar-refractivity contribution in [2.75, 3.05) is 0 Å². The Morgan fingerprint density at radius 3 is 2.78 bits per heavy atom. The van der Waals surface area contributed by atoms with E-state index in [1.807, 2.05) is 23.6 Å². The molecule has 1 aromatic carbocycles. The van der Waals surface area contributed by atoms with E-state index in [0.717, 1.165) is 29.7 Å². The van der Waals surface area contributed by atoms with Crippen LogP contribution in [0.3, 0.4) is 0 Å². The molecule has 0 saturated heterocycles. The van der Waals surface area contributed by atoms with Crippen molar-refractivity contribution >= 4 is 22.7 Å². The van der Waals surface area contributed by atoms with Crippen LogP contribution >= 0.6 is 22.7 Å². The predicted octanol–water partition coefficient (Wildman–Crippen LogP) is 4.82. The fourth-order valence-corrected chi connectivity index (χ4v) is 4.55. The van der Waals surface area contributed by atoms with Crippen LogP contribution in [0.2, 0.25) is 0 Å². The molecule has 1 aliphatic rings. The second kappa shape index (κ2) is 6.91. The zero-order valence-corrected chi connectivity index (χ0v) is 14.5. The van der Waals surface area contributed by atoms with Gasteiger partial charge in [0.2, 0.25) is 0 Å². The molecule has 2 heterocycles. The van der Waals surface area contributed by atoms with Crippen LogP contribution in [0.4, 0.5) is 0 Å². The highest BCUT2D eigenvalue weighted by molar-refractivity contribution is 7.13. The quantitative estimate of drug-likeness (QED) is 0.698. The van der Waals surface area contributed by atoms with E-state index in [2.05, 4.69) is 39.9 Å². The van der Waals surface area contributed by atoms with Crippen molar-refractivity contribution < 1.29 is 0 Å². The standard InChI is InChI=1S/C18H19N3S2/c1-2-5-14(6-3-1)18-21-15(12-22-18)9-19-10-16-11-20-17(23-16)13-7-4-8-13/h1-3,5-6,11-13,19H,4,7-10H2. The van der Waals surface area contributed by atoms with Crippen LogP contribution in [0.15, 0.2) is 41.9 Å². The minimum absolute atomic E-state index is 0.737. The first-order chi connectivity index (χ1) is 11.4. The van der Waals surface area contributed by atoms with Crippen molar-refractivity contribution in [3.05, 3.63) is 57.5 Å². The van der Waals surface area contributed by atoms with Gasteiger partial charge in [-0.1, -0.05) is 36.8 Å². The molecule has 1 saturated carbocycles. The molecule has 118 valence electrons. The minimum atomic E-state index is 0.737. The number of rotatable bonds is 6. The summed E-state index contributed by atoms with van der Waals surface area (Å²) in [7, 11) is 0. The second-order valence-electron chi connectivity index (χ2n) is 5.91. The number of hydrogen-bond acceptors (Lipinski definition) is 5. The van der Waals surface area contributed by atoms with Gasteiger partial charge in [-0.05, 0) is 12.8 Å². The molecule has 2 aromatic heterocycles. The first-order valence-corrected chi connectivity index (χ1v) is 9.73. The van der Waals surface area contributed by atoms with Gasteiger partial charge in [-0.3, -0.25) is 0 Å². The summed E-state index contributed by atoms with van der Waals surface area (Å²) in [6.45, 7) is 1.68. The topological polar surface area (TPSA) is 37.8 Å². The number of nitrogens with zero attached hydrogens (tertiary/aromatic N) is 2. The third kappa shape index (κ3) is 3.52. The first-order valence-electron chi connectivity index (χ1n) is 8.03. The van der Waals surface area contributed by atoms with E-state index in [0.29, 0.717) is 0 Å². The van der Waals surface area contributed by atoms with E-state index in [9.17, 15) is 0 Å². The molecule has 0 spiro atoms. The van der Waals surface area contributed by atoms with Crippen LogP contribution in [-0.2, 0) is 13.1 Å². The van der Waals surface area contributed by atoms with E-state index in [-0.39, 0.29) is 0 Å². The maximum Gasteiger partial charge on any atom is 0.123 e. The summed E-state index contributed by atoms with van der Waals surface area (Å²) in [6, 6.07) is 10.4. The van der Waals surface area contributed by atoms with E-state index >= 15 is 0 Å². The molecule has 3 aromatic rings. The van der Waals surface area contributed by atoms with Crippen molar-refractivity contribution in [3.63, 3.8) is 0 Å². The maximum atomic E-state index is 4.71. The molecule has 0 unspecified atom stereocenters. The van der Waals surface area contributed by atoms with Crippen molar-refractivity contribution in [1.82, 2.24) is 15.3 Å². The van der Waals surface area contributed by atoms with Gasteiger partial charge in [-0.15, -0.1) is 22.7 Å². The van der Waals surface area contributed by atoms with Gasteiger partial charge >= 0.3 is 0 Å².